The van der Waals surface area contributed by atoms with Gasteiger partial charge in [0.25, 0.3) is 5.56 Å². The number of anilines is 1. The van der Waals surface area contributed by atoms with Gasteiger partial charge in [0, 0.05) is 12.3 Å². The lowest BCUT2D eigenvalue weighted by Gasteiger charge is -2.17. The number of aromatic nitrogens is 1. The first-order chi connectivity index (χ1) is 10.5. The molecule has 0 fully saturated rings. The molecule has 1 aromatic heterocycles. The number of nitrogens with one attached hydrogen (secondary N) is 1. The van der Waals surface area contributed by atoms with E-state index in [-0.39, 0.29) is 11.5 Å². The molecule has 2 aromatic rings. The van der Waals surface area contributed by atoms with E-state index in [2.05, 4.69) is 5.32 Å². The van der Waals surface area contributed by atoms with Crippen molar-refractivity contribution in [2.24, 2.45) is 0 Å². The maximum absolute atomic E-state index is 12.4. The number of carbonyl (C=O) groups is 1. The smallest absolute Gasteiger partial charge is 0.251 e. The summed E-state index contributed by atoms with van der Waals surface area (Å²) in [5.74, 6) is 0.264. The minimum Gasteiger partial charge on any atom is -0.492 e. The first kappa shape index (κ1) is 16.1. The molecule has 1 heterocycles. The molecule has 5 nitrogen and oxygen atoms in total. The van der Waals surface area contributed by atoms with Gasteiger partial charge >= 0.3 is 0 Å². The monoisotopic (exact) mass is 320 g/mol. The number of hydrogen-bond donors (Lipinski definition) is 1. The Balaban J connectivity index is 2.22. The van der Waals surface area contributed by atoms with E-state index < -0.39 is 6.04 Å². The Morgan fingerprint density at radius 2 is 2.05 bits per heavy atom. The van der Waals surface area contributed by atoms with E-state index in [0.717, 1.165) is 0 Å². The van der Waals surface area contributed by atoms with Gasteiger partial charge in [0.15, 0.2) is 0 Å². The molecule has 1 unspecified atom stereocenters. The Hall–Kier alpha value is -2.27. The van der Waals surface area contributed by atoms with Gasteiger partial charge in [0.05, 0.1) is 17.3 Å². The van der Waals surface area contributed by atoms with Crippen molar-refractivity contribution in [2.45, 2.75) is 19.9 Å². The lowest BCUT2D eigenvalue weighted by molar-refractivity contribution is -0.118. The van der Waals surface area contributed by atoms with E-state index in [4.69, 9.17) is 16.3 Å². The quantitative estimate of drug-likeness (QED) is 0.921. The van der Waals surface area contributed by atoms with Gasteiger partial charge in [-0.25, -0.2) is 0 Å². The second kappa shape index (κ2) is 7.13. The van der Waals surface area contributed by atoms with Gasteiger partial charge in [-0.05, 0) is 32.0 Å². The topological polar surface area (TPSA) is 60.3 Å². The van der Waals surface area contributed by atoms with E-state index >= 15 is 0 Å². The van der Waals surface area contributed by atoms with Crippen molar-refractivity contribution < 1.29 is 9.53 Å². The van der Waals surface area contributed by atoms with Crippen LogP contribution >= 0.6 is 11.6 Å². The fraction of sp³-hybridized carbons (Fsp3) is 0.250. The maximum Gasteiger partial charge on any atom is 0.251 e. The third-order valence-electron chi connectivity index (χ3n) is 3.14. The van der Waals surface area contributed by atoms with Gasteiger partial charge < -0.3 is 14.6 Å². The van der Waals surface area contributed by atoms with Gasteiger partial charge in [-0.15, -0.1) is 0 Å². The minimum absolute atomic E-state index is 0.287. The number of pyridine rings is 1. The summed E-state index contributed by atoms with van der Waals surface area (Å²) < 4.78 is 6.75. The van der Waals surface area contributed by atoms with Crippen LogP contribution in [-0.2, 0) is 4.79 Å². The molecule has 0 spiro atoms. The van der Waals surface area contributed by atoms with Crippen LogP contribution in [0.4, 0.5) is 5.69 Å². The Morgan fingerprint density at radius 3 is 2.77 bits per heavy atom. The molecule has 0 aliphatic heterocycles. The zero-order chi connectivity index (χ0) is 16.1. The van der Waals surface area contributed by atoms with Crippen LogP contribution in [0.15, 0.2) is 47.4 Å². The van der Waals surface area contributed by atoms with Crippen LogP contribution in [0.1, 0.15) is 19.9 Å². The summed E-state index contributed by atoms with van der Waals surface area (Å²) in [5, 5.41) is 3.17. The van der Waals surface area contributed by atoms with Crippen LogP contribution in [0.2, 0.25) is 5.02 Å². The summed E-state index contributed by atoms with van der Waals surface area (Å²) in [4.78, 5) is 24.2. The molecule has 0 saturated heterocycles. The van der Waals surface area contributed by atoms with Crippen LogP contribution in [0.5, 0.6) is 5.75 Å². The molecule has 2 rings (SSSR count). The number of hydrogen-bond acceptors (Lipinski definition) is 3. The van der Waals surface area contributed by atoms with Crippen molar-refractivity contribution in [1.82, 2.24) is 4.57 Å². The number of benzene rings is 1. The average molecular weight is 321 g/mol. The predicted octanol–water partition coefficient (Wildman–Crippen LogP) is 3.10. The SMILES string of the molecule is CCOc1ccccc1NC(=O)C(C)n1cc(Cl)ccc1=O. The van der Waals surface area contributed by atoms with Gasteiger partial charge in [-0.1, -0.05) is 23.7 Å². The standard InChI is InChI=1S/C16H17ClN2O3/c1-3-22-14-7-5-4-6-13(14)18-16(21)11(2)19-10-12(17)8-9-15(19)20/h4-11H,3H2,1-2H3,(H,18,21). The van der Waals surface area contributed by atoms with Crippen molar-refractivity contribution in [3.63, 3.8) is 0 Å². The zero-order valence-corrected chi connectivity index (χ0v) is 13.1. The largest absolute Gasteiger partial charge is 0.492 e. The van der Waals surface area contributed by atoms with Crippen molar-refractivity contribution >= 4 is 23.2 Å². The zero-order valence-electron chi connectivity index (χ0n) is 12.4. The van der Waals surface area contributed by atoms with Gasteiger partial charge in [-0.2, -0.15) is 0 Å². The molecule has 22 heavy (non-hydrogen) atoms. The molecule has 1 amide bonds. The summed E-state index contributed by atoms with van der Waals surface area (Å²) >= 11 is 5.88. The van der Waals surface area contributed by atoms with Crippen LogP contribution in [0.3, 0.4) is 0 Å². The molecule has 1 atom stereocenters. The number of halogens is 1. The highest BCUT2D eigenvalue weighted by Crippen LogP contribution is 2.24. The normalized spacial score (nSPS) is 11.8. The molecule has 116 valence electrons. The number of nitrogens with zero attached hydrogens (tertiary/aromatic N) is 1. The van der Waals surface area contributed by atoms with E-state index in [1.807, 2.05) is 13.0 Å². The highest BCUT2D eigenvalue weighted by atomic mass is 35.5. The molecule has 0 aliphatic carbocycles. The minimum atomic E-state index is -0.694. The summed E-state index contributed by atoms with van der Waals surface area (Å²) in [6.45, 7) is 4.00. The van der Waals surface area contributed by atoms with E-state index in [1.165, 1.54) is 22.9 Å². The fourth-order valence-corrected chi connectivity index (χ4v) is 2.16. The van der Waals surface area contributed by atoms with Gasteiger partial charge in [0.1, 0.15) is 11.8 Å². The molecule has 1 aromatic carbocycles. The van der Waals surface area contributed by atoms with Crippen LogP contribution in [-0.4, -0.2) is 17.1 Å². The Morgan fingerprint density at radius 1 is 1.32 bits per heavy atom. The molecule has 0 saturated carbocycles. The molecule has 1 N–H and O–H groups in total. The van der Waals surface area contributed by atoms with E-state index in [0.29, 0.717) is 23.1 Å². The summed E-state index contributed by atoms with van der Waals surface area (Å²) in [5.41, 5.74) is 0.279. The second-order valence-electron chi connectivity index (χ2n) is 4.69. The van der Waals surface area contributed by atoms with Crippen molar-refractivity contribution in [1.29, 1.82) is 0 Å². The highest BCUT2D eigenvalue weighted by Gasteiger charge is 2.17. The lowest BCUT2D eigenvalue weighted by Crippen LogP contribution is -2.30. The lowest BCUT2D eigenvalue weighted by atomic mass is 10.2. The van der Waals surface area contributed by atoms with E-state index in [9.17, 15) is 9.59 Å². The molecule has 6 heteroatoms. The number of ether oxygens (including phenoxy) is 1. The Labute approximate surface area is 133 Å². The van der Waals surface area contributed by atoms with Crippen molar-refractivity contribution in [3.8, 4) is 5.75 Å². The fourth-order valence-electron chi connectivity index (χ4n) is 1.99. The summed E-state index contributed by atoms with van der Waals surface area (Å²) in [6.07, 6.45) is 1.45. The van der Waals surface area contributed by atoms with Crippen molar-refractivity contribution in [2.75, 3.05) is 11.9 Å². The Kier molecular flexibility index (Phi) is 5.22. The van der Waals surface area contributed by atoms with Crippen LogP contribution < -0.4 is 15.6 Å². The molecule has 0 radical (unpaired) electrons. The average Bonchev–Trinajstić information content (AvgIpc) is 2.51. The number of carbonyl (C=O) groups excluding carboxylic acids is 1. The third-order valence-corrected chi connectivity index (χ3v) is 3.37. The molecular weight excluding hydrogens is 304 g/mol. The number of para-hydroxylation sites is 2. The van der Waals surface area contributed by atoms with Gasteiger partial charge in [0.2, 0.25) is 5.91 Å². The molecule has 0 bridgehead atoms. The Bertz CT molecular complexity index is 727. The molecule has 0 aliphatic rings. The van der Waals surface area contributed by atoms with Crippen LogP contribution in [0.25, 0.3) is 0 Å². The maximum atomic E-state index is 12.4. The van der Waals surface area contributed by atoms with E-state index in [1.54, 1.807) is 25.1 Å². The highest BCUT2D eigenvalue weighted by molar-refractivity contribution is 6.30. The third kappa shape index (κ3) is 3.68. The summed E-state index contributed by atoms with van der Waals surface area (Å²) in [6, 6.07) is 9.28. The number of rotatable bonds is 5. The first-order valence-corrected chi connectivity index (χ1v) is 7.31. The number of amides is 1. The molecular formula is C16H17ClN2O3. The predicted molar refractivity (Wildman–Crippen MR) is 86.7 cm³/mol. The van der Waals surface area contributed by atoms with Crippen molar-refractivity contribution in [3.05, 3.63) is 58.0 Å². The van der Waals surface area contributed by atoms with Crippen LogP contribution in [0, 0.1) is 0 Å². The first-order valence-electron chi connectivity index (χ1n) is 6.93. The summed E-state index contributed by atoms with van der Waals surface area (Å²) in [7, 11) is 0. The second-order valence-corrected chi connectivity index (χ2v) is 5.12. The van der Waals surface area contributed by atoms with Gasteiger partial charge in [-0.3, -0.25) is 9.59 Å².